The Morgan fingerprint density at radius 1 is 1.26 bits per heavy atom. The molecule has 1 rings (SSSR count). The number of halogens is 1. The molecule has 0 aliphatic heterocycles. The standard InChI is InChI=1S/C11H17N3O3S.ClH/c1-13-7-6-11(15)14-10-4-2-9(3-5-10)8-18(12,16)17;/h2-5,13H,6-8H2,1H3,(H,14,15)(H2,12,16,17);1H. The van der Waals surface area contributed by atoms with E-state index in [-0.39, 0.29) is 24.1 Å². The van der Waals surface area contributed by atoms with E-state index in [1.807, 2.05) is 0 Å². The number of nitrogens with two attached hydrogens (primary N) is 1. The minimum atomic E-state index is -3.52. The van der Waals surface area contributed by atoms with Crippen molar-refractivity contribution < 1.29 is 13.2 Å². The van der Waals surface area contributed by atoms with Crippen molar-refractivity contribution in [3.8, 4) is 0 Å². The Morgan fingerprint density at radius 2 is 1.84 bits per heavy atom. The van der Waals surface area contributed by atoms with Gasteiger partial charge in [-0.25, -0.2) is 13.6 Å². The molecular formula is C11H18ClN3O3S. The van der Waals surface area contributed by atoms with Crippen LogP contribution in [0.1, 0.15) is 12.0 Å². The van der Waals surface area contributed by atoms with Gasteiger partial charge in [-0.2, -0.15) is 0 Å². The predicted molar refractivity (Wildman–Crippen MR) is 77.7 cm³/mol. The fourth-order valence-electron chi connectivity index (χ4n) is 1.38. The van der Waals surface area contributed by atoms with Crippen LogP contribution in [0.5, 0.6) is 0 Å². The number of primary sulfonamides is 1. The highest BCUT2D eigenvalue weighted by Gasteiger charge is 2.05. The molecule has 0 unspecified atom stereocenters. The molecule has 0 aromatic heterocycles. The smallest absolute Gasteiger partial charge is 0.225 e. The monoisotopic (exact) mass is 307 g/mol. The Bertz CT molecular complexity index is 502. The third kappa shape index (κ3) is 7.78. The summed E-state index contributed by atoms with van der Waals surface area (Å²) >= 11 is 0. The van der Waals surface area contributed by atoms with E-state index < -0.39 is 10.0 Å². The first-order chi connectivity index (χ1) is 8.40. The summed E-state index contributed by atoms with van der Waals surface area (Å²) in [6.07, 6.45) is 0.384. The number of rotatable bonds is 6. The lowest BCUT2D eigenvalue weighted by Gasteiger charge is -2.06. The summed E-state index contributed by atoms with van der Waals surface area (Å²) in [6.45, 7) is 0.606. The van der Waals surface area contributed by atoms with Crippen molar-refractivity contribution in [2.75, 3.05) is 18.9 Å². The average Bonchev–Trinajstić information content (AvgIpc) is 2.27. The SMILES string of the molecule is CNCCC(=O)Nc1ccc(CS(N)(=O)=O)cc1.Cl. The van der Waals surface area contributed by atoms with Crippen molar-refractivity contribution in [2.45, 2.75) is 12.2 Å². The van der Waals surface area contributed by atoms with Crippen LogP contribution >= 0.6 is 12.4 Å². The molecule has 0 radical (unpaired) electrons. The first-order valence-corrected chi connectivity index (χ1v) is 7.16. The first kappa shape index (κ1) is 17.8. The highest BCUT2D eigenvalue weighted by atomic mass is 35.5. The fourth-order valence-corrected chi connectivity index (χ4v) is 2.04. The van der Waals surface area contributed by atoms with Crippen molar-refractivity contribution in [3.63, 3.8) is 0 Å². The third-order valence-corrected chi connectivity index (χ3v) is 2.94. The van der Waals surface area contributed by atoms with E-state index in [0.717, 1.165) is 0 Å². The van der Waals surface area contributed by atoms with E-state index in [1.165, 1.54) is 0 Å². The molecule has 1 aromatic rings. The molecule has 0 aliphatic rings. The molecule has 0 aliphatic carbocycles. The maximum Gasteiger partial charge on any atom is 0.225 e. The molecule has 0 saturated heterocycles. The Labute approximate surface area is 119 Å². The number of hydrogen-bond acceptors (Lipinski definition) is 4. The second kappa shape index (κ2) is 8.11. The van der Waals surface area contributed by atoms with Gasteiger partial charge >= 0.3 is 0 Å². The second-order valence-electron chi connectivity index (χ2n) is 3.91. The minimum absolute atomic E-state index is 0. The largest absolute Gasteiger partial charge is 0.326 e. The van der Waals surface area contributed by atoms with Crippen molar-refractivity contribution in [3.05, 3.63) is 29.8 Å². The molecular weight excluding hydrogens is 290 g/mol. The van der Waals surface area contributed by atoms with Crippen molar-refractivity contribution in [2.24, 2.45) is 5.14 Å². The maximum atomic E-state index is 11.4. The Hall–Kier alpha value is -1.15. The molecule has 19 heavy (non-hydrogen) atoms. The summed E-state index contributed by atoms with van der Waals surface area (Å²) in [5.74, 6) is -0.301. The molecule has 6 nitrogen and oxygen atoms in total. The Kier molecular flexibility index (Phi) is 7.62. The lowest BCUT2D eigenvalue weighted by Crippen LogP contribution is -2.18. The zero-order valence-corrected chi connectivity index (χ0v) is 12.2. The first-order valence-electron chi connectivity index (χ1n) is 5.44. The highest BCUT2D eigenvalue weighted by molar-refractivity contribution is 7.88. The summed E-state index contributed by atoms with van der Waals surface area (Å²) in [5, 5.41) is 10.5. The van der Waals surface area contributed by atoms with Gasteiger partial charge in [0, 0.05) is 18.7 Å². The Balaban J connectivity index is 0.00000324. The fraction of sp³-hybridized carbons (Fsp3) is 0.364. The van der Waals surface area contributed by atoms with Crippen LogP contribution in [-0.2, 0) is 20.6 Å². The van der Waals surface area contributed by atoms with Crippen LogP contribution in [0.2, 0.25) is 0 Å². The number of anilines is 1. The van der Waals surface area contributed by atoms with E-state index in [9.17, 15) is 13.2 Å². The molecule has 0 fully saturated rings. The molecule has 8 heteroatoms. The molecule has 4 N–H and O–H groups in total. The van der Waals surface area contributed by atoms with E-state index in [4.69, 9.17) is 5.14 Å². The van der Waals surface area contributed by atoms with Gasteiger partial charge in [-0.15, -0.1) is 12.4 Å². The third-order valence-electron chi connectivity index (χ3n) is 2.21. The van der Waals surface area contributed by atoms with Crippen LogP contribution < -0.4 is 15.8 Å². The van der Waals surface area contributed by atoms with Crippen LogP contribution in [0.25, 0.3) is 0 Å². The zero-order valence-electron chi connectivity index (χ0n) is 10.5. The van der Waals surface area contributed by atoms with Gasteiger partial charge in [0.15, 0.2) is 0 Å². The summed E-state index contributed by atoms with van der Waals surface area (Å²) < 4.78 is 21.8. The quantitative estimate of drug-likeness (QED) is 0.710. The number of sulfonamides is 1. The number of nitrogens with one attached hydrogen (secondary N) is 2. The highest BCUT2D eigenvalue weighted by Crippen LogP contribution is 2.11. The summed E-state index contributed by atoms with van der Waals surface area (Å²) in [7, 11) is -1.75. The van der Waals surface area contributed by atoms with Crippen LogP contribution in [0, 0.1) is 0 Å². The molecule has 1 amide bonds. The topological polar surface area (TPSA) is 101 Å². The van der Waals surface area contributed by atoms with Gasteiger partial charge in [-0.3, -0.25) is 4.79 Å². The molecule has 1 aromatic carbocycles. The molecule has 0 spiro atoms. The zero-order chi connectivity index (χ0) is 13.6. The predicted octanol–water partition coefficient (Wildman–Crippen LogP) is 0.445. The average molecular weight is 308 g/mol. The van der Waals surface area contributed by atoms with E-state index in [2.05, 4.69) is 10.6 Å². The summed E-state index contributed by atoms with van der Waals surface area (Å²) in [6, 6.07) is 6.55. The van der Waals surface area contributed by atoms with Crippen molar-refractivity contribution in [1.82, 2.24) is 5.32 Å². The van der Waals surface area contributed by atoms with E-state index >= 15 is 0 Å². The molecule has 0 atom stereocenters. The van der Waals surface area contributed by atoms with Crippen molar-refractivity contribution in [1.29, 1.82) is 0 Å². The van der Waals surface area contributed by atoms with Gasteiger partial charge in [0.25, 0.3) is 0 Å². The normalized spacial score (nSPS) is 10.6. The minimum Gasteiger partial charge on any atom is -0.326 e. The number of benzene rings is 1. The van der Waals surface area contributed by atoms with Crippen LogP contribution in [0.3, 0.4) is 0 Å². The van der Waals surface area contributed by atoms with Crippen LogP contribution in [-0.4, -0.2) is 27.9 Å². The molecule has 0 bridgehead atoms. The lowest BCUT2D eigenvalue weighted by molar-refractivity contribution is -0.116. The van der Waals surface area contributed by atoms with Crippen molar-refractivity contribution >= 4 is 34.0 Å². The second-order valence-corrected chi connectivity index (χ2v) is 5.52. The number of carbonyl (C=O) groups excluding carboxylic acids is 1. The summed E-state index contributed by atoms with van der Waals surface area (Å²) in [5.41, 5.74) is 1.22. The maximum absolute atomic E-state index is 11.4. The van der Waals surface area contributed by atoms with E-state index in [0.29, 0.717) is 24.2 Å². The number of carbonyl (C=O) groups is 1. The van der Waals surface area contributed by atoms with Crippen LogP contribution in [0.4, 0.5) is 5.69 Å². The van der Waals surface area contributed by atoms with Crippen LogP contribution in [0.15, 0.2) is 24.3 Å². The van der Waals surface area contributed by atoms with Gasteiger partial charge < -0.3 is 10.6 Å². The lowest BCUT2D eigenvalue weighted by atomic mass is 10.2. The molecule has 108 valence electrons. The molecule has 0 saturated carbocycles. The summed E-state index contributed by atoms with van der Waals surface area (Å²) in [4.78, 5) is 11.4. The van der Waals surface area contributed by atoms with Gasteiger partial charge in [0.2, 0.25) is 15.9 Å². The molecule has 0 heterocycles. The van der Waals surface area contributed by atoms with Gasteiger partial charge in [0.1, 0.15) is 0 Å². The number of amides is 1. The van der Waals surface area contributed by atoms with Gasteiger partial charge in [-0.1, -0.05) is 12.1 Å². The van der Waals surface area contributed by atoms with E-state index in [1.54, 1.807) is 31.3 Å². The Morgan fingerprint density at radius 3 is 2.32 bits per heavy atom. The van der Waals surface area contributed by atoms with Gasteiger partial charge in [0.05, 0.1) is 5.75 Å². The van der Waals surface area contributed by atoms with Gasteiger partial charge in [-0.05, 0) is 24.7 Å². The number of hydrogen-bond donors (Lipinski definition) is 3.